The van der Waals surface area contributed by atoms with Gasteiger partial charge in [-0.05, 0) is 39.7 Å². The van der Waals surface area contributed by atoms with Crippen LogP contribution in [0.4, 0.5) is 0 Å². The SMILES string of the molecule is CC(Oc1ccc2ccccc2c1Br)c1nc(CCl)cs1. The van der Waals surface area contributed by atoms with Gasteiger partial charge in [-0.1, -0.05) is 30.3 Å². The average molecular weight is 383 g/mol. The van der Waals surface area contributed by atoms with Gasteiger partial charge in [0.2, 0.25) is 0 Å². The Labute approximate surface area is 140 Å². The predicted octanol–water partition coefficient (Wildman–Crippen LogP) is 5.94. The highest BCUT2D eigenvalue weighted by molar-refractivity contribution is 9.10. The molecule has 0 aliphatic carbocycles. The summed E-state index contributed by atoms with van der Waals surface area (Å²) < 4.78 is 7.03. The quantitative estimate of drug-likeness (QED) is 0.521. The second kappa shape index (κ2) is 6.34. The van der Waals surface area contributed by atoms with Gasteiger partial charge in [0.1, 0.15) is 16.9 Å². The van der Waals surface area contributed by atoms with E-state index in [0.29, 0.717) is 5.88 Å². The van der Waals surface area contributed by atoms with Crippen molar-refractivity contribution in [2.45, 2.75) is 18.9 Å². The number of nitrogens with zero attached hydrogens (tertiary/aromatic N) is 1. The van der Waals surface area contributed by atoms with Crippen molar-refractivity contribution in [3.8, 4) is 5.75 Å². The Morgan fingerprint density at radius 1 is 1.29 bits per heavy atom. The molecule has 5 heteroatoms. The summed E-state index contributed by atoms with van der Waals surface area (Å²) in [5, 5.41) is 5.23. The van der Waals surface area contributed by atoms with Crippen LogP contribution in [0.3, 0.4) is 0 Å². The molecule has 0 aliphatic heterocycles. The Bertz CT molecular complexity index is 774. The van der Waals surface area contributed by atoms with Gasteiger partial charge in [0.05, 0.1) is 16.0 Å². The lowest BCUT2D eigenvalue weighted by Gasteiger charge is -2.15. The van der Waals surface area contributed by atoms with Crippen LogP contribution in [0.15, 0.2) is 46.3 Å². The Morgan fingerprint density at radius 3 is 2.86 bits per heavy atom. The highest BCUT2D eigenvalue weighted by atomic mass is 79.9. The number of hydrogen-bond donors (Lipinski definition) is 0. The molecule has 0 fully saturated rings. The molecule has 1 atom stereocenters. The van der Waals surface area contributed by atoms with Crippen molar-refractivity contribution in [2.75, 3.05) is 0 Å². The molecule has 0 radical (unpaired) electrons. The molecule has 0 aliphatic rings. The molecule has 0 bridgehead atoms. The van der Waals surface area contributed by atoms with Crippen LogP contribution < -0.4 is 4.74 Å². The lowest BCUT2D eigenvalue weighted by atomic mass is 10.1. The fourth-order valence-electron chi connectivity index (χ4n) is 2.12. The van der Waals surface area contributed by atoms with Crippen molar-refractivity contribution in [1.29, 1.82) is 0 Å². The van der Waals surface area contributed by atoms with Gasteiger partial charge in [-0.2, -0.15) is 0 Å². The van der Waals surface area contributed by atoms with Crippen LogP contribution >= 0.6 is 38.9 Å². The van der Waals surface area contributed by atoms with E-state index in [1.54, 1.807) is 11.3 Å². The molecular weight excluding hydrogens is 370 g/mol. The highest BCUT2D eigenvalue weighted by Gasteiger charge is 2.14. The van der Waals surface area contributed by atoms with Gasteiger partial charge in [0.15, 0.2) is 0 Å². The Morgan fingerprint density at radius 2 is 2.10 bits per heavy atom. The summed E-state index contributed by atoms with van der Waals surface area (Å²) in [5.74, 6) is 1.26. The number of hydrogen-bond acceptors (Lipinski definition) is 3. The van der Waals surface area contributed by atoms with Gasteiger partial charge in [-0.25, -0.2) is 4.98 Å². The highest BCUT2D eigenvalue weighted by Crippen LogP contribution is 2.35. The van der Waals surface area contributed by atoms with Crippen LogP contribution in [0.25, 0.3) is 10.8 Å². The minimum atomic E-state index is -0.107. The van der Waals surface area contributed by atoms with Crippen LogP contribution in [0.2, 0.25) is 0 Å². The Balaban J connectivity index is 1.89. The van der Waals surface area contributed by atoms with Gasteiger partial charge in [-0.3, -0.25) is 0 Å². The fourth-order valence-corrected chi connectivity index (χ4v) is 3.73. The predicted molar refractivity (Wildman–Crippen MR) is 92.4 cm³/mol. The number of halogens is 2. The first-order chi connectivity index (χ1) is 10.2. The second-order valence-electron chi connectivity index (χ2n) is 4.67. The lowest BCUT2D eigenvalue weighted by molar-refractivity contribution is 0.225. The average Bonchev–Trinajstić information content (AvgIpc) is 2.99. The van der Waals surface area contributed by atoms with Crippen LogP contribution in [0, 0.1) is 0 Å². The molecule has 0 saturated carbocycles. The summed E-state index contributed by atoms with van der Waals surface area (Å²) in [6, 6.07) is 12.3. The van der Waals surface area contributed by atoms with Crippen LogP contribution in [0.1, 0.15) is 23.7 Å². The zero-order valence-corrected chi connectivity index (χ0v) is 14.5. The maximum Gasteiger partial charge on any atom is 0.147 e. The van der Waals surface area contributed by atoms with E-state index in [1.807, 2.05) is 30.5 Å². The minimum Gasteiger partial charge on any atom is -0.482 e. The maximum absolute atomic E-state index is 6.06. The third-order valence-corrected chi connectivity index (χ3v) is 5.33. The van der Waals surface area contributed by atoms with Crippen molar-refractivity contribution in [2.24, 2.45) is 0 Å². The monoisotopic (exact) mass is 381 g/mol. The van der Waals surface area contributed by atoms with Crippen molar-refractivity contribution in [1.82, 2.24) is 4.98 Å². The van der Waals surface area contributed by atoms with Crippen LogP contribution in [-0.2, 0) is 5.88 Å². The number of benzene rings is 2. The molecule has 2 nitrogen and oxygen atoms in total. The summed E-state index contributed by atoms with van der Waals surface area (Å²) in [6.45, 7) is 2.00. The molecule has 1 heterocycles. The van der Waals surface area contributed by atoms with E-state index >= 15 is 0 Å². The Hall–Kier alpha value is -1.10. The van der Waals surface area contributed by atoms with Gasteiger partial charge in [0, 0.05) is 5.38 Å². The molecule has 108 valence electrons. The number of fused-ring (bicyclic) bond motifs is 1. The number of rotatable bonds is 4. The number of alkyl halides is 1. The fraction of sp³-hybridized carbons (Fsp3) is 0.188. The molecular formula is C16H13BrClNOS. The maximum atomic E-state index is 6.06. The molecule has 2 aromatic carbocycles. The molecule has 3 rings (SSSR count). The number of thiazole rings is 1. The standard InChI is InChI=1S/C16H13BrClNOS/c1-10(16-19-12(8-18)9-21-16)20-14-7-6-11-4-2-3-5-13(11)15(14)17/h2-7,9-10H,8H2,1H3. The third-order valence-electron chi connectivity index (χ3n) is 3.19. The van der Waals surface area contributed by atoms with Crippen molar-refractivity contribution < 1.29 is 4.74 Å². The van der Waals surface area contributed by atoms with E-state index in [9.17, 15) is 0 Å². The Kier molecular flexibility index (Phi) is 4.48. The normalized spacial score (nSPS) is 12.5. The van der Waals surface area contributed by atoms with E-state index < -0.39 is 0 Å². The molecule has 3 aromatic rings. The summed E-state index contributed by atoms with van der Waals surface area (Å²) in [6.07, 6.45) is -0.107. The summed E-state index contributed by atoms with van der Waals surface area (Å²) in [7, 11) is 0. The zero-order chi connectivity index (χ0) is 14.8. The summed E-state index contributed by atoms with van der Waals surface area (Å²) in [5.41, 5.74) is 0.893. The molecule has 0 N–H and O–H groups in total. The van der Waals surface area contributed by atoms with E-state index in [0.717, 1.165) is 26.3 Å². The lowest BCUT2D eigenvalue weighted by Crippen LogP contribution is -2.03. The molecule has 1 unspecified atom stereocenters. The second-order valence-corrected chi connectivity index (χ2v) is 6.62. The topological polar surface area (TPSA) is 22.1 Å². The van der Waals surface area contributed by atoms with Gasteiger partial charge < -0.3 is 4.74 Å². The van der Waals surface area contributed by atoms with E-state index in [2.05, 4.69) is 39.1 Å². The van der Waals surface area contributed by atoms with E-state index in [1.165, 1.54) is 5.39 Å². The van der Waals surface area contributed by atoms with Crippen molar-refractivity contribution in [3.63, 3.8) is 0 Å². The largest absolute Gasteiger partial charge is 0.482 e. The smallest absolute Gasteiger partial charge is 0.147 e. The van der Waals surface area contributed by atoms with Gasteiger partial charge in [0.25, 0.3) is 0 Å². The number of aromatic nitrogens is 1. The van der Waals surface area contributed by atoms with E-state index in [-0.39, 0.29) is 6.10 Å². The molecule has 0 saturated heterocycles. The van der Waals surface area contributed by atoms with E-state index in [4.69, 9.17) is 16.3 Å². The minimum absolute atomic E-state index is 0.107. The zero-order valence-electron chi connectivity index (χ0n) is 11.3. The first-order valence-electron chi connectivity index (χ1n) is 6.53. The van der Waals surface area contributed by atoms with Crippen molar-refractivity contribution in [3.05, 3.63) is 57.0 Å². The number of ether oxygens (including phenoxy) is 1. The first-order valence-corrected chi connectivity index (χ1v) is 8.74. The summed E-state index contributed by atoms with van der Waals surface area (Å²) in [4.78, 5) is 4.46. The van der Waals surface area contributed by atoms with Crippen LogP contribution in [-0.4, -0.2) is 4.98 Å². The third kappa shape index (κ3) is 3.07. The molecule has 1 aromatic heterocycles. The molecule has 0 spiro atoms. The molecule has 0 amide bonds. The molecule has 21 heavy (non-hydrogen) atoms. The van der Waals surface area contributed by atoms with Crippen molar-refractivity contribution >= 4 is 49.6 Å². The van der Waals surface area contributed by atoms with Gasteiger partial charge in [-0.15, -0.1) is 22.9 Å². The first kappa shape index (κ1) is 14.8. The van der Waals surface area contributed by atoms with Gasteiger partial charge >= 0.3 is 0 Å². The van der Waals surface area contributed by atoms with Crippen LogP contribution in [0.5, 0.6) is 5.75 Å². The summed E-state index contributed by atoms with van der Waals surface area (Å²) >= 11 is 11.0.